The molecule has 1 rings (SSSR count). The predicted octanol–water partition coefficient (Wildman–Crippen LogP) is 2.51. The van der Waals surface area contributed by atoms with Crippen LogP contribution < -0.4 is 0 Å². The Morgan fingerprint density at radius 1 is 1.58 bits per heavy atom. The van der Waals surface area contributed by atoms with Crippen molar-refractivity contribution in [2.75, 3.05) is 0 Å². The molecule has 12 heavy (non-hydrogen) atoms. The molecule has 0 bridgehead atoms. The van der Waals surface area contributed by atoms with Crippen LogP contribution in [0, 0.1) is 0 Å². The fourth-order valence-electron chi connectivity index (χ4n) is 0.623. The third-order valence-electron chi connectivity index (χ3n) is 1.51. The van der Waals surface area contributed by atoms with Crippen LogP contribution in [0.15, 0.2) is 0 Å². The minimum atomic E-state index is 0.271. The van der Waals surface area contributed by atoms with Gasteiger partial charge in [-0.05, 0) is 24.9 Å². The van der Waals surface area contributed by atoms with Crippen molar-refractivity contribution in [2.24, 2.45) is 0 Å². The molecule has 0 aliphatic rings. The first-order valence-electron chi connectivity index (χ1n) is 3.82. The van der Waals surface area contributed by atoms with Crippen molar-refractivity contribution in [3.63, 3.8) is 0 Å². The van der Waals surface area contributed by atoms with Crippen LogP contribution in [-0.2, 0) is 11.3 Å². The Labute approximate surface area is 80.7 Å². The van der Waals surface area contributed by atoms with Crippen molar-refractivity contribution in [3.8, 4) is 0 Å². The second kappa shape index (κ2) is 4.74. The van der Waals surface area contributed by atoms with Crippen LogP contribution in [0.1, 0.15) is 25.3 Å². The molecule has 0 aliphatic carbocycles. The molecular weight excluding hydrogens is 196 g/mol. The predicted molar refractivity (Wildman–Crippen MR) is 49.5 cm³/mol. The number of halogens is 1. The minimum Gasteiger partial charge on any atom is -0.371 e. The lowest BCUT2D eigenvalue weighted by Crippen LogP contribution is -2.05. The zero-order valence-corrected chi connectivity index (χ0v) is 8.65. The number of aromatic nitrogens is 2. The highest BCUT2D eigenvalue weighted by Crippen LogP contribution is 2.16. The maximum Gasteiger partial charge on any atom is 0.207 e. The first kappa shape index (κ1) is 9.89. The van der Waals surface area contributed by atoms with Gasteiger partial charge in [0.1, 0.15) is 11.6 Å². The van der Waals surface area contributed by atoms with E-state index in [2.05, 4.69) is 17.1 Å². The first-order chi connectivity index (χ1) is 5.72. The normalized spacial score (nSPS) is 13.2. The zero-order chi connectivity index (χ0) is 8.97. The van der Waals surface area contributed by atoms with Crippen LogP contribution in [0.5, 0.6) is 0 Å². The molecule has 0 spiro atoms. The van der Waals surface area contributed by atoms with Gasteiger partial charge in [-0.2, -0.15) is 0 Å². The number of hydrogen-bond acceptors (Lipinski definition) is 4. The van der Waals surface area contributed by atoms with E-state index >= 15 is 0 Å². The summed E-state index contributed by atoms with van der Waals surface area (Å²) < 4.78 is 5.91. The van der Waals surface area contributed by atoms with Gasteiger partial charge in [0.2, 0.25) is 4.47 Å². The maximum absolute atomic E-state index is 5.60. The van der Waals surface area contributed by atoms with Crippen LogP contribution in [0.4, 0.5) is 0 Å². The Balaban J connectivity index is 2.33. The molecule has 1 aromatic rings. The highest BCUT2D eigenvalue weighted by atomic mass is 35.5. The smallest absolute Gasteiger partial charge is 0.207 e. The monoisotopic (exact) mass is 206 g/mol. The lowest BCUT2D eigenvalue weighted by molar-refractivity contribution is 0.0504. The summed E-state index contributed by atoms with van der Waals surface area (Å²) in [6.45, 7) is 4.62. The largest absolute Gasteiger partial charge is 0.371 e. The third-order valence-corrected chi connectivity index (χ3v) is 2.50. The molecule has 0 fully saturated rings. The highest BCUT2D eigenvalue weighted by molar-refractivity contribution is 7.15. The van der Waals surface area contributed by atoms with Crippen LogP contribution in [-0.4, -0.2) is 16.3 Å². The summed E-state index contributed by atoms with van der Waals surface area (Å²) in [4.78, 5) is 0. The van der Waals surface area contributed by atoms with E-state index in [0.717, 1.165) is 11.4 Å². The van der Waals surface area contributed by atoms with Gasteiger partial charge in [-0.25, -0.2) is 0 Å². The fraction of sp³-hybridized carbons (Fsp3) is 0.714. The van der Waals surface area contributed by atoms with Gasteiger partial charge in [0.05, 0.1) is 6.10 Å². The van der Waals surface area contributed by atoms with Crippen molar-refractivity contribution in [2.45, 2.75) is 33.0 Å². The molecule has 0 N–H and O–H groups in total. The quantitative estimate of drug-likeness (QED) is 0.760. The molecular formula is C7H11ClN2OS. The fourth-order valence-corrected chi connectivity index (χ4v) is 1.41. The minimum absolute atomic E-state index is 0.271. The summed E-state index contributed by atoms with van der Waals surface area (Å²) in [7, 11) is 0. The Morgan fingerprint density at radius 2 is 2.33 bits per heavy atom. The molecule has 1 heterocycles. The second-order valence-corrected chi connectivity index (χ2v) is 4.12. The van der Waals surface area contributed by atoms with E-state index < -0.39 is 0 Å². The molecule has 5 heteroatoms. The number of ether oxygens (including phenoxy) is 1. The first-order valence-corrected chi connectivity index (χ1v) is 5.01. The summed E-state index contributed by atoms with van der Waals surface area (Å²) in [6, 6.07) is 0. The van der Waals surface area contributed by atoms with Gasteiger partial charge in [-0.15, -0.1) is 10.2 Å². The molecule has 1 aromatic heterocycles. The zero-order valence-electron chi connectivity index (χ0n) is 7.08. The lowest BCUT2D eigenvalue weighted by atomic mass is 10.3. The van der Waals surface area contributed by atoms with E-state index in [9.17, 15) is 0 Å². The van der Waals surface area contributed by atoms with E-state index in [4.69, 9.17) is 16.3 Å². The third kappa shape index (κ3) is 3.05. The standard InChI is InChI=1S/C7H11ClN2OS/c1-3-5(2)11-4-6-9-10-7(8)12-6/h5H,3-4H2,1-2H3. The Hall–Kier alpha value is -0.190. The average Bonchev–Trinajstić information content (AvgIpc) is 2.47. The van der Waals surface area contributed by atoms with Crippen LogP contribution >= 0.6 is 22.9 Å². The van der Waals surface area contributed by atoms with Gasteiger partial charge in [-0.1, -0.05) is 18.3 Å². The van der Waals surface area contributed by atoms with E-state index in [1.54, 1.807) is 0 Å². The Kier molecular flexibility index (Phi) is 3.91. The van der Waals surface area contributed by atoms with Crippen molar-refractivity contribution >= 4 is 22.9 Å². The van der Waals surface area contributed by atoms with Gasteiger partial charge < -0.3 is 4.74 Å². The van der Waals surface area contributed by atoms with Crippen LogP contribution in [0.25, 0.3) is 0 Å². The van der Waals surface area contributed by atoms with E-state index in [1.165, 1.54) is 11.3 Å². The summed E-state index contributed by atoms with van der Waals surface area (Å²) >= 11 is 6.96. The molecule has 1 atom stereocenters. The van der Waals surface area contributed by atoms with Gasteiger partial charge in [-0.3, -0.25) is 0 Å². The Bertz CT molecular complexity index is 241. The highest BCUT2D eigenvalue weighted by Gasteiger charge is 2.03. The molecule has 0 amide bonds. The average molecular weight is 207 g/mol. The van der Waals surface area contributed by atoms with Gasteiger partial charge in [0.25, 0.3) is 0 Å². The molecule has 0 saturated heterocycles. The maximum atomic E-state index is 5.60. The van der Waals surface area contributed by atoms with Gasteiger partial charge in [0.15, 0.2) is 0 Å². The molecule has 0 radical (unpaired) electrons. The lowest BCUT2D eigenvalue weighted by Gasteiger charge is -2.07. The van der Waals surface area contributed by atoms with E-state index in [0.29, 0.717) is 11.1 Å². The molecule has 3 nitrogen and oxygen atoms in total. The number of hydrogen-bond donors (Lipinski definition) is 0. The SMILES string of the molecule is CCC(C)OCc1nnc(Cl)s1. The van der Waals surface area contributed by atoms with E-state index in [1.807, 2.05) is 6.92 Å². The topological polar surface area (TPSA) is 35.0 Å². The molecule has 1 unspecified atom stereocenters. The molecule has 0 saturated carbocycles. The number of nitrogens with zero attached hydrogens (tertiary/aromatic N) is 2. The van der Waals surface area contributed by atoms with Crippen molar-refractivity contribution in [1.29, 1.82) is 0 Å². The van der Waals surface area contributed by atoms with Gasteiger partial charge in [0, 0.05) is 0 Å². The van der Waals surface area contributed by atoms with Crippen molar-refractivity contribution < 1.29 is 4.74 Å². The van der Waals surface area contributed by atoms with Gasteiger partial charge >= 0.3 is 0 Å². The second-order valence-electron chi connectivity index (χ2n) is 2.48. The van der Waals surface area contributed by atoms with E-state index in [-0.39, 0.29) is 6.10 Å². The summed E-state index contributed by atoms with van der Waals surface area (Å²) in [5.74, 6) is 0. The summed E-state index contributed by atoms with van der Waals surface area (Å²) in [5, 5.41) is 8.34. The van der Waals surface area contributed by atoms with Crippen LogP contribution in [0.2, 0.25) is 4.47 Å². The molecule has 0 aromatic carbocycles. The number of rotatable bonds is 4. The summed E-state index contributed by atoms with van der Waals surface area (Å²) in [6.07, 6.45) is 1.28. The van der Waals surface area contributed by atoms with Crippen molar-refractivity contribution in [1.82, 2.24) is 10.2 Å². The Morgan fingerprint density at radius 3 is 2.83 bits per heavy atom. The molecule has 0 aliphatic heterocycles. The molecule has 68 valence electrons. The van der Waals surface area contributed by atoms with Crippen molar-refractivity contribution in [3.05, 3.63) is 9.47 Å². The summed E-state index contributed by atoms with van der Waals surface area (Å²) in [5.41, 5.74) is 0. The van der Waals surface area contributed by atoms with Crippen LogP contribution in [0.3, 0.4) is 0 Å².